The van der Waals surface area contributed by atoms with E-state index >= 15 is 0 Å². The number of benzene rings is 1. The van der Waals surface area contributed by atoms with Crippen LogP contribution in [0.1, 0.15) is 12.8 Å². The number of pyridine rings is 1. The summed E-state index contributed by atoms with van der Waals surface area (Å²) < 4.78 is 0. The van der Waals surface area contributed by atoms with E-state index < -0.39 is 5.97 Å². The third kappa shape index (κ3) is 3.91. The normalized spacial score (nSPS) is 10.0. The molecule has 0 saturated carbocycles. The van der Waals surface area contributed by atoms with E-state index in [2.05, 4.69) is 10.3 Å². The number of nitrogens with zero attached hydrogens (tertiary/aromatic N) is 1. The number of carboxylic acids is 1. The summed E-state index contributed by atoms with van der Waals surface area (Å²) in [6, 6.07) is 11.1. The van der Waals surface area contributed by atoms with Gasteiger partial charge < -0.3 is 10.4 Å². The topological polar surface area (TPSA) is 79.3 Å². The number of nitrogens with one attached hydrogen (secondary N) is 1. The molecule has 0 unspecified atom stereocenters. The first-order valence-electron chi connectivity index (χ1n) is 6.17. The molecule has 0 aliphatic rings. The van der Waals surface area contributed by atoms with Crippen LogP contribution in [0.3, 0.4) is 0 Å². The van der Waals surface area contributed by atoms with Gasteiger partial charge in [-0.25, -0.2) is 0 Å². The number of carbonyl (C=O) groups excluding carboxylic acids is 1. The van der Waals surface area contributed by atoms with Gasteiger partial charge in [-0.1, -0.05) is 18.2 Å². The lowest BCUT2D eigenvalue weighted by molar-refractivity contribution is -0.138. The van der Waals surface area contributed by atoms with E-state index in [4.69, 9.17) is 5.11 Å². The molecule has 0 fully saturated rings. The van der Waals surface area contributed by atoms with Gasteiger partial charge in [0.15, 0.2) is 0 Å². The summed E-state index contributed by atoms with van der Waals surface area (Å²) in [7, 11) is 0. The highest BCUT2D eigenvalue weighted by molar-refractivity contribution is 5.92. The molecule has 2 aromatic rings. The maximum atomic E-state index is 11.5. The van der Waals surface area contributed by atoms with Gasteiger partial charge >= 0.3 is 5.97 Å². The molecule has 0 aliphatic heterocycles. The Bertz CT molecular complexity index is 594. The highest BCUT2D eigenvalue weighted by atomic mass is 16.4. The Labute approximate surface area is 116 Å². The van der Waals surface area contributed by atoms with E-state index in [1.54, 1.807) is 24.5 Å². The maximum Gasteiger partial charge on any atom is 0.303 e. The molecule has 0 radical (unpaired) electrons. The lowest BCUT2D eigenvalue weighted by Crippen LogP contribution is -2.13. The van der Waals surface area contributed by atoms with Gasteiger partial charge in [0.2, 0.25) is 5.91 Å². The number of hydrogen-bond donors (Lipinski definition) is 2. The van der Waals surface area contributed by atoms with Gasteiger partial charge in [-0.05, 0) is 29.3 Å². The van der Waals surface area contributed by atoms with Crippen LogP contribution in [0.2, 0.25) is 0 Å². The minimum Gasteiger partial charge on any atom is -0.481 e. The van der Waals surface area contributed by atoms with Gasteiger partial charge in [-0.2, -0.15) is 0 Å². The molecule has 0 atom stereocenters. The zero-order chi connectivity index (χ0) is 14.4. The zero-order valence-electron chi connectivity index (χ0n) is 10.7. The molecule has 0 bridgehead atoms. The van der Waals surface area contributed by atoms with Crippen LogP contribution in [0.5, 0.6) is 0 Å². The Morgan fingerprint density at radius 3 is 2.40 bits per heavy atom. The molecule has 2 rings (SSSR count). The van der Waals surface area contributed by atoms with E-state index in [0.29, 0.717) is 5.69 Å². The van der Waals surface area contributed by atoms with Crippen LogP contribution in [-0.2, 0) is 9.59 Å². The second-order valence-corrected chi connectivity index (χ2v) is 4.26. The maximum absolute atomic E-state index is 11.5. The number of anilines is 1. The van der Waals surface area contributed by atoms with Crippen molar-refractivity contribution >= 4 is 17.6 Å². The van der Waals surface area contributed by atoms with Gasteiger partial charge in [-0.3, -0.25) is 14.6 Å². The monoisotopic (exact) mass is 270 g/mol. The van der Waals surface area contributed by atoms with Crippen LogP contribution in [0.15, 0.2) is 48.8 Å². The summed E-state index contributed by atoms with van der Waals surface area (Å²) in [4.78, 5) is 25.9. The molecule has 0 spiro atoms. The quantitative estimate of drug-likeness (QED) is 0.875. The van der Waals surface area contributed by atoms with Gasteiger partial charge in [0.25, 0.3) is 0 Å². The minimum absolute atomic E-state index is 0.0281. The molecule has 1 aromatic carbocycles. The predicted octanol–water partition coefficient (Wildman–Crippen LogP) is 2.55. The molecule has 2 N–H and O–H groups in total. The molecule has 5 heteroatoms. The summed E-state index contributed by atoms with van der Waals surface area (Å²) in [5.74, 6) is -1.28. The lowest BCUT2D eigenvalue weighted by atomic mass is 10.1. The first-order valence-corrected chi connectivity index (χ1v) is 6.17. The molecule has 0 aliphatic carbocycles. The predicted molar refractivity (Wildman–Crippen MR) is 75.2 cm³/mol. The first-order chi connectivity index (χ1) is 9.65. The Balaban J connectivity index is 1.98. The van der Waals surface area contributed by atoms with Crippen molar-refractivity contribution < 1.29 is 14.7 Å². The van der Waals surface area contributed by atoms with Gasteiger partial charge in [-0.15, -0.1) is 0 Å². The summed E-state index contributed by atoms with van der Waals surface area (Å²) in [5, 5.41) is 11.2. The minimum atomic E-state index is -0.980. The van der Waals surface area contributed by atoms with Crippen molar-refractivity contribution in [2.75, 3.05) is 5.32 Å². The lowest BCUT2D eigenvalue weighted by Gasteiger charge is -2.06. The average molecular weight is 270 g/mol. The zero-order valence-corrected chi connectivity index (χ0v) is 10.7. The van der Waals surface area contributed by atoms with Gasteiger partial charge in [0.05, 0.1) is 6.42 Å². The highest BCUT2D eigenvalue weighted by Gasteiger charge is 2.06. The van der Waals surface area contributed by atoms with E-state index in [1.807, 2.05) is 24.3 Å². The molecule has 1 amide bonds. The van der Waals surface area contributed by atoms with Crippen molar-refractivity contribution in [2.24, 2.45) is 0 Å². The molecule has 1 heterocycles. The molecule has 1 aromatic heterocycles. The number of amides is 1. The standard InChI is InChI=1S/C15H14N2O3/c18-14(7-8-15(19)20)17-13-5-3-11(4-6-13)12-2-1-9-16-10-12/h1-6,9-10H,7-8H2,(H,17,18)(H,19,20). The van der Waals surface area contributed by atoms with Crippen LogP contribution in [0.25, 0.3) is 11.1 Å². The van der Waals surface area contributed by atoms with E-state index in [-0.39, 0.29) is 18.7 Å². The van der Waals surface area contributed by atoms with Crippen molar-refractivity contribution in [3.05, 3.63) is 48.8 Å². The average Bonchev–Trinajstić information content (AvgIpc) is 2.47. The number of rotatable bonds is 5. The Morgan fingerprint density at radius 2 is 1.80 bits per heavy atom. The van der Waals surface area contributed by atoms with Crippen LogP contribution in [-0.4, -0.2) is 22.0 Å². The van der Waals surface area contributed by atoms with Crippen molar-refractivity contribution in [3.8, 4) is 11.1 Å². The molecule has 102 valence electrons. The number of carboxylic acid groups (broad SMARTS) is 1. The van der Waals surface area contributed by atoms with Gasteiger partial charge in [0, 0.05) is 24.5 Å². The summed E-state index contributed by atoms with van der Waals surface area (Å²) in [5.41, 5.74) is 2.64. The number of aromatic nitrogens is 1. The number of aliphatic carboxylic acids is 1. The second-order valence-electron chi connectivity index (χ2n) is 4.26. The third-order valence-electron chi connectivity index (χ3n) is 2.73. The van der Waals surface area contributed by atoms with Crippen LogP contribution >= 0.6 is 0 Å². The van der Waals surface area contributed by atoms with Crippen molar-refractivity contribution in [1.29, 1.82) is 0 Å². The Morgan fingerprint density at radius 1 is 1.05 bits per heavy atom. The number of carbonyl (C=O) groups is 2. The third-order valence-corrected chi connectivity index (χ3v) is 2.73. The second kappa shape index (κ2) is 6.47. The van der Waals surface area contributed by atoms with Crippen LogP contribution < -0.4 is 5.32 Å². The van der Waals surface area contributed by atoms with Crippen molar-refractivity contribution in [1.82, 2.24) is 4.98 Å². The van der Waals surface area contributed by atoms with Crippen LogP contribution in [0.4, 0.5) is 5.69 Å². The molecular formula is C15H14N2O3. The van der Waals surface area contributed by atoms with E-state index in [0.717, 1.165) is 11.1 Å². The first kappa shape index (κ1) is 13.7. The number of hydrogen-bond acceptors (Lipinski definition) is 3. The smallest absolute Gasteiger partial charge is 0.303 e. The van der Waals surface area contributed by atoms with Gasteiger partial charge in [0.1, 0.15) is 0 Å². The molecular weight excluding hydrogens is 256 g/mol. The fraction of sp³-hybridized carbons (Fsp3) is 0.133. The fourth-order valence-corrected chi connectivity index (χ4v) is 1.72. The largest absolute Gasteiger partial charge is 0.481 e. The molecule has 0 saturated heterocycles. The Hall–Kier alpha value is -2.69. The molecule has 5 nitrogen and oxygen atoms in total. The highest BCUT2D eigenvalue weighted by Crippen LogP contribution is 2.20. The van der Waals surface area contributed by atoms with Crippen molar-refractivity contribution in [2.45, 2.75) is 12.8 Å². The summed E-state index contributed by atoms with van der Waals surface area (Å²) >= 11 is 0. The van der Waals surface area contributed by atoms with Crippen LogP contribution in [0, 0.1) is 0 Å². The molecule has 20 heavy (non-hydrogen) atoms. The SMILES string of the molecule is O=C(O)CCC(=O)Nc1ccc(-c2cccnc2)cc1. The fourth-order valence-electron chi connectivity index (χ4n) is 1.72. The summed E-state index contributed by atoms with van der Waals surface area (Å²) in [6.45, 7) is 0. The summed E-state index contributed by atoms with van der Waals surface area (Å²) in [6.07, 6.45) is 3.28. The van der Waals surface area contributed by atoms with Crippen molar-refractivity contribution in [3.63, 3.8) is 0 Å². The Kier molecular flexibility index (Phi) is 4.44. The van der Waals surface area contributed by atoms with E-state index in [1.165, 1.54) is 0 Å². The van der Waals surface area contributed by atoms with E-state index in [9.17, 15) is 9.59 Å².